The number of anilines is 1. The zero-order valence-electron chi connectivity index (χ0n) is 14.0. The summed E-state index contributed by atoms with van der Waals surface area (Å²) in [6.45, 7) is 1.90. The summed E-state index contributed by atoms with van der Waals surface area (Å²) in [4.78, 5) is 19.5. The van der Waals surface area contributed by atoms with Crippen LogP contribution >= 0.6 is 11.6 Å². The summed E-state index contributed by atoms with van der Waals surface area (Å²) >= 11 is 5.92. The van der Waals surface area contributed by atoms with E-state index < -0.39 is 17.8 Å². The maximum absolute atomic E-state index is 12.8. The summed E-state index contributed by atoms with van der Waals surface area (Å²) in [6, 6.07) is 10.6. The summed E-state index contributed by atoms with van der Waals surface area (Å²) in [5.41, 5.74) is 1.77. The molecule has 0 unspecified atom stereocenters. The smallest absolute Gasteiger partial charge is 0.322 e. The lowest BCUT2D eigenvalue weighted by atomic mass is 10.0. The van der Waals surface area contributed by atoms with Crippen molar-refractivity contribution in [3.05, 3.63) is 76.8 Å². The van der Waals surface area contributed by atoms with Crippen LogP contribution in [0.1, 0.15) is 21.6 Å². The number of pyridine rings is 2. The minimum atomic E-state index is -4.62. The first-order chi connectivity index (χ1) is 12.7. The Morgan fingerprint density at radius 3 is 2.48 bits per heavy atom. The molecule has 2 heterocycles. The molecule has 0 aliphatic rings. The molecule has 138 valence electrons. The van der Waals surface area contributed by atoms with E-state index in [1.807, 2.05) is 6.92 Å². The van der Waals surface area contributed by atoms with Gasteiger partial charge >= 0.3 is 6.18 Å². The number of aromatic nitrogens is 2. The van der Waals surface area contributed by atoms with Gasteiger partial charge in [-0.05, 0) is 60.0 Å². The fourth-order valence-corrected chi connectivity index (χ4v) is 2.68. The molecule has 0 spiro atoms. The summed E-state index contributed by atoms with van der Waals surface area (Å²) in [5.74, 6) is -0.662. The van der Waals surface area contributed by atoms with E-state index in [9.17, 15) is 18.0 Å². The Bertz CT molecular complexity index is 1010. The van der Waals surface area contributed by atoms with Crippen molar-refractivity contribution in [2.45, 2.75) is 13.1 Å². The number of carbonyl (C=O) groups excluding carboxylic acids is 1. The van der Waals surface area contributed by atoms with Crippen LogP contribution in [-0.2, 0) is 6.18 Å². The van der Waals surface area contributed by atoms with Crippen molar-refractivity contribution in [3.63, 3.8) is 0 Å². The molecule has 1 amide bonds. The molecule has 3 rings (SSSR count). The van der Waals surface area contributed by atoms with Gasteiger partial charge in [0.1, 0.15) is 10.8 Å². The summed E-state index contributed by atoms with van der Waals surface area (Å²) < 4.78 is 38.3. The van der Waals surface area contributed by atoms with Crippen molar-refractivity contribution in [2.24, 2.45) is 0 Å². The van der Waals surface area contributed by atoms with Crippen LogP contribution in [0.5, 0.6) is 0 Å². The van der Waals surface area contributed by atoms with Crippen molar-refractivity contribution in [2.75, 3.05) is 5.32 Å². The largest absolute Gasteiger partial charge is 0.433 e. The quantitative estimate of drug-likeness (QED) is 0.610. The minimum Gasteiger partial charge on any atom is -0.322 e. The molecule has 3 aromatic rings. The van der Waals surface area contributed by atoms with Crippen molar-refractivity contribution < 1.29 is 18.0 Å². The van der Waals surface area contributed by atoms with Gasteiger partial charge in [0, 0.05) is 23.6 Å². The molecule has 8 heteroatoms. The molecule has 0 atom stereocenters. The third kappa shape index (κ3) is 4.43. The van der Waals surface area contributed by atoms with Gasteiger partial charge in [0.25, 0.3) is 5.91 Å². The van der Waals surface area contributed by atoms with Gasteiger partial charge < -0.3 is 5.32 Å². The van der Waals surface area contributed by atoms with Crippen molar-refractivity contribution in [3.8, 4) is 11.1 Å². The Kier molecular flexibility index (Phi) is 5.14. The number of benzene rings is 1. The lowest BCUT2D eigenvalue weighted by molar-refractivity contribution is -0.141. The average molecular weight is 392 g/mol. The van der Waals surface area contributed by atoms with Crippen LogP contribution in [0.4, 0.5) is 18.9 Å². The molecular formula is C19H13ClF3N3O. The summed E-state index contributed by atoms with van der Waals surface area (Å²) in [5, 5.41) is 2.94. The van der Waals surface area contributed by atoms with E-state index in [2.05, 4.69) is 15.3 Å². The molecule has 0 saturated carbocycles. The number of nitrogens with one attached hydrogen (secondary N) is 1. The van der Waals surface area contributed by atoms with E-state index in [1.165, 1.54) is 6.07 Å². The van der Waals surface area contributed by atoms with Gasteiger partial charge in [0.05, 0.1) is 0 Å². The monoisotopic (exact) mass is 391 g/mol. The Labute approximate surface area is 158 Å². The molecule has 0 saturated heterocycles. The zero-order valence-corrected chi connectivity index (χ0v) is 14.8. The zero-order chi connectivity index (χ0) is 19.6. The molecule has 0 aliphatic carbocycles. The highest BCUT2D eigenvalue weighted by Crippen LogP contribution is 2.29. The molecule has 2 aromatic heterocycles. The Morgan fingerprint density at radius 2 is 1.78 bits per heavy atom. The first kappa shape index (κ1) is 18.8. The first-order valence-corrected chi connectivity index (χ1v) is 8.19. The van der Waals surface area contributed by atoms with E-state index >= 15 is 0 Å². The highest BCUT2D eigenvalue weighted by atomic mass is 35.5. The molecule has 0 radical (unpaired) electrons. The maximum Gasteiger partial charge on any atom is 0.433 e. The van der Waals surface area contributed by atoms with Gasteiger partial charge in [-0.1, -0.05) is 17.7 Å². The van der Waals surface area contributed by atoms with Gasteiger partial charge in [-0.2, -0.15) is 13.2 Å². The van der Waals surface area contributed by atoms with Crippen LogP contribution in [-0.4, -0.2) is 15.9 Å². The fourth-order valence-electron chi connectivity index (χ4n) is 2.51. The molecule has 4 nitrogen and oxygen atoms in total. The number of rotatable bonds is 3. The van der Waals surface area contributed by atoms with E-state index in [4.69, 9.17) is 11.6 Å². The van der Waals surface area contributed by atoms with Crippen molar-refractivity contribution in [1.82, 2.24) is 9.97 Å². The lowest BCUT2D eigenvalue weighted by Crippen LogP contribution is -2.15. The molecular weight excluding hydrogens is 379 g/mol. The van der Waals surface area contributed by atoms with Crippen LogP contribution < -0.4 is 5.32 Å². The molecule has 0 bridgehead atoms. The SMILES string of the molecule is Cc1ccc(NC(=O)c2ccnc(C(F)(F)F)c2)cc1-c1ccnc(Cl)c1. The standard InChI is InChI=1S/C19H13ClF3N3O/c1-11-2-3-14(10-15(11)12-4-7-25-17(20)9-12)26-18(27)13-5-6-24-16(8-13)19(21,22)23/h2-10H,1H3,(H,26,27). The van der Waals surface area contributed by atoms with Crippen LogP contribution in [0.15, 0.2) is 54.9 Å². The number of aryl methyl sites for hydroxylation is 1. The Hall–Kier alpha value is -2.93. The number of carbonyl (C=O) groups is 1. The predicted octanol–water partition coefficient (Wildman–Crippen LogP) is 5.38. The van der Waals surface area contributed by atoms with E-state index in [-0.39, 0.29) is 5.56 Å². The first-order valence-electron chi connectivity index (χ1n) is 7.81. The fraction of sp³-hybridized carbons (Fsp3) is 0.105. The van der Waals surface area contributed by atoms with Gasteiger partial charge in [0.15, 0.2) is 0 Å². The van der Waals surface area contributed by atoms with Gasteiger partial charge in [-0.25, -0.2) is 4.98 Å². The summed E-state index contributed by atoms with van der Waals surface area (Å²) in [6.07, 6.45) is -2.09. The number of hydrogen-bond acceptors (Lipinski definition) is 3. The average Bonchev–Trinajstić information content (AvgIpc) is 2.62. The van der Waals surface area contributed by atoms with Crippen LogP contribution in [0.25, 0.3) is 11.1 Å². The van der Waals surface area contributed by atoms with Crippen LogP contribution in [0.3, 0.4) is 0 Å². The molecule has 0 aliphatic heterocycles. The number of nitrogens with zero attached hydrogens (tertiary/aromatic N) is 2. The van der Waals surface area contributed by atoms with Crippen LogP contribution in [0.2, 0.25) is 5.15 Å². The molecule has 0 fully saturated rings. The Morgan fingerprint density at radius 1 is 1.04 bits per heavy atom. The molecule has 27 heavy (non-hydrogen) atoms. The number of halogens is 4. The lowest BCUT2D eigenvalue weighted by Gasteiger charge is -2.11. The van der Waals surface area contributed by atoms with Gasteiger partial charge in [0.2, 0.25) is 0 Å². The van der Waals surface area contributed by atoms with Crippen molar-refractivity contribution >= 4 is 23.2 Å². The Balaban J connectivity index is 1.88. The minimum absolute atomic E-state index is 0.133. The second-order valence-electron chi connectivity index (χ2n) is 5.78. The van der Waals surface area contributed by atoms with E-state index in [0.29, 0.717) is 16.9 Å². The second kappa shape index (κ2) is 7.36. The molecule has 1 N–H and O–H groups in total. The highest BCUT2D eigenvalue weighted by molar-refractivity contribution is 6.29. The van der Waals surface area contributed by atoms with Crippen molar-refractivity contribution in [1.29, 1.82) is 0 Å². The van der Waals surface area contributed by atoms with Gasteiger partial charge in [-0.15, -0.1) is 0 Å². The number of hydrogen-bond donors (Lipinski definition) is 1. The van der Waals surface area contributed by atoms with Gasteiger partial charge in [-0.3, -0.25) is 9.78 Å². The predicted molar refractivity (Wildman–Crippen MR) is 96.6 cm³/mol. The summed E-state index contributed by atoms with van der Waals surface area (Å²) in [7, 11) is 0. The number of amides is 1. The van der Waals surface area contributed by atoms with E-state index in [1.54, 1.807) is 36.5 Å². The molecule has 1 aromatic carbocycles. The van der Waals surface area contributed by atoms with E-state index in [0.717, 1.165) is 22.9 Å². The third-order valence-corrected chi connectivity index (χ3v) is 4.05. The highest BCUT2D eigenvalue weighted by Gasteiger charge is 2.32. The normalized spacial score (nSPS) is 11.3. The third-order valence-electron chi connectivity index (χ3n) is 3.85. The number of alkyl halides is 3. The maximum atomic E-state index is 12.8. The van der Waals surface area contributed by atoms with Crippen LogP contribution in [0, 0.1) is 6.92 Å². The second-order valence-corrected chi connectivity index (χ2v) is 6.17. The topological polar surface area (TPSA) is 54.9 Å².